The minimum absolute atomic E-state index is 0.209. The molecule has 19 heavy (non-hydrogen) atoms. The lowest BCUT2D eigenvalue weighted by molar-refractivity contribution is 0.390. The number of nitrogens with zero attached hydrogens (tertiary/aromatic N) is 1. The molecular weight excluding hydrogens is 269 g/mol. The molecule has 0 aliphatic heterocycles. The molecule has 0 radical (unpaired) electrons. The molecule has 1 heterocycles. The first-order valence-corrected chi connectivity index (χ1v) is 7.17. The van der Waals surface area contributed by atoms with Crippen molar-refractivity contribution in [1.29, 1.82) is 0 Å². The summed E-state index contributed by atoms with van der Waals surface area (Å²) >= 11 is 0. The molecule has 0 aliphatic carbocycles. The first-order valence-electron chi connectivity index (χ1n) is 5.68. The summed E-state index contributed by atoms with van der Waals surface area (Å²) in [4.78, 5) is 0. The minimum atomic E-state index is -1.21. The fourth-order valence-corrected chi connectivity index (χ4v) is 2.86. The summed E-state index contributed by atoms with van der Waals surface area (Å²) in [6.45, 7) is 1.80. The summed E-state index contributed by atoms with van der Waals surface area (Å²) in [6, 6.07) is 5.91. The van der Waals surface area contributed by atoms with Gasteiger partial charge in [0.25, 0.3) is 0 Å². The van der Waals surface area contributed by atoms with Crippen LogP contribution in [0.5, 0.6) is 5.75 Å². The van der Waals surface area contributed by atoms with E-state index in [9.17, 15) is 8.60 Å². The Labute approximate surface area is 113 Å². The molecule has 4 nitrogen and oxygen atoms in total. The molecule has 0 amide bonds. The molecule has 1 aromatic carbocycles. The molecule has 0 N–H and O–H groups in total. The molecule has 6 heteroatoms. The highest BCUT2D eigenvalue weighted by Gasteiger charge is 2.11. The molecule has 1 unspecified atom stereocenters. The lowest BCUT2D eigenvalue weighted by atomic mass is 10.2. The maximum Gasteiger partial charge on any atom is 0.149 e. The lowest BCUT2D eigenvalue weighted by Gasteiger charge is -2.07. The van der Waals surface area contributed by atoms with E-state index in [0.717, 1.165) is 5.69 Å². The van der Waals surface area contributed by atoms with Gasteiger partial charge in [-0.25, -0.2) is 4.39 Å². The Bertz CT molecular complexity index is 597. The van der Waals surface area contributed by atoms with E-state index in [1.54, 1.807) is 13.0 Å². The van der Waals surface area contributed by atoms with Crippen molar-refractivity contribution in [2.75, 3.05) is 7.11 Å². The van der Waals surface area contributed by atoms with E-state index < -0.39 is 10.8 Å². The normalized spacial score (nSPS) is 12.4. The van der Waals surface area contributed by atoms with Gasteiger partial charge in [0.2, 0.25) is 0 Å². The van der Waals surface area contributed by atoms with Gasteiger partial charge in [-0.3, -0.25) is 4.21 Å². The first-order chi connectivity index (χ1) is 9.08. The van der Waals surface area contributed by atoms with Gasteiger partial charge in [0.05, 0.1) is 24.3 Å². The number of aryl methyl sites for hydroxylation is 1. The zero-order valence-corrected chi connectivity index (χ0v) is 11.5. The Morgan fingerprint density at radius 1 is 1.37 bits per heavy atom. The van der Waals surface area contributed by atoms with Crippen LogP contribution in [0.4, 0.5) is 4.39 Å². The zero-order valence-electron chi connectivity index (χ0n) is 10.7. The summed E-state index contributed by atoms with van der Waals surface area (Å²) in [5.74, 6) is 1.18. The Morgan fingerprint density at radius 3 is 2.79 bits per heavy atom. The number of hydrogen-bond acceptors (Lipinski definition) is 4. The number of methoxy groups -OCH3 is 1. The highest BCUT2D eigenvalue weighted by molar-refractivity contribution is 7.83. The molecule has 1 aromatic heterocycles. The molecule has 2 aromatic rings. The number of benzene rings is 1. The molecule has 0 saturated carbocycles. The summed E-state index contributed by atoms with van der Waals surface area (Å²) < 4.78 is 35.3. The standard InChI is InChI=1S/C13H14FNO3S/c1-9-5-12(18-15-9)8-19(16)7-10-6-11(14)3-4-13(10)17-2/h3-6H,7-8H2,1-2H3. The molecule has 2 rings (SSSR count). The molecule has 0 aliphatic rings. The van der Waals surface area contributed by atoms with Gasteiger partial charge in [0.15, 0.2) is 0 Å². The van der Waals surface area contributed by atoms with Crippen molar-refractivity contribution < 1.29 is 17.9 Å². The summed E-state index contributed by atoms with van der Waals surface area (Å²) in [5, 5.41) is 3.73. The predicted octanol–water partition coefficient (Wildman–Crippen LogP) is 2.58. The van der Waals surface area contributed by atoms with Gasteiger partial charge in [-0.2, -0.15) is 0 Å². The van der Waals surface area contributed by atoms with Crippen molar-refractivity contribution in [2.24, 2.45) is 0 Å². The lowest BCUT2D eigenvalue weighted by Crippen LogP contribution is -2.01. The van der Waals surface area contributed by atoms with Gasteiger partial charge in [0, 0.05) is 22.4 Å². The van der Waals surface area contributed by atoms with Crippen LogP contribution in [0.1, 0.15) is 17.0 Å². The largest absolute Gasteiger partial charge is 0.496 e. The summed E-state index contributed by atoms with van der Waals surface area (Å²) in [6.07, 6.45) is 0. The van der Waals surface area contributed by atoms with Crippen molar-refractivity contribution in [3.8, 4) is 5.75 Å². The minimum Gasteiger partial charge on any atom is -0.496 e. The van der Waals surface area contributed by atoms with Crippen LogP contribution in [0.15, 0.2) is 28.8 Å². The van der Waals surface area contributed by atoms with E-state index in [2.05, 4.69) is 5.16 Å². The molecular formula is C13H14FNO3S. The van der Waals surface area contributed by atoms with Gasteiger partial charge in [-0.15, -0.1) is 0 Å². The monoisotopic (exact) mass is 283 g/mol. The average Bonchev–Trinajstić information content (AvgIpc) is 2.75. The Kier molecular flexibility index (Phi) is 4.31. The molecule has 0 bridgehead atoms. The van der Waals surface area contributed by atoms with Crippen molar-refractivity contribution in [3.63, 3.8) is 0 Å². The van der Waals surface area contributed by atoms with E-state index in [-0.39, 0.29) is 17.3 Å². The summed E-state index contributed by atoms with van der Waals surface area (Å²) in [7, 11) is 0.290. The van der Waals surface area contributed by atoms with Crippen LogP contribution < -0.4 is 4.74 Å². The number of hydrogen-bond donors (Lipinski definition) is 0. The maximum absolute atomic E-state index is 13.2. The van der Waals surface area contributed by atoms with Crippen LogP contribution in [-0.2, 0) is 22.3 Å². The van der Waals surface area contributed by atoms with Crippen LogP contribution in [0.25, 0.3) is 0 Å². The van der Waals surface area contributed by atoms with Crippen LogP contribution in [0.2, 0.25) is 0 Å². The number of halogens is 1. The predicted molar refractivity (Wildman–Crippen MR) is 69.7 cm³/mol. The van der Waals surface area contributed by atoms with Crippen LogP contribution in [0, 0.1) is 12.7 Å². The third-order valence-electron chi connectivity index (χ3n) is 2.54. The second-order valence-corrected chi connectivity index (χ2v) is 5.58. The summed E-state index contributed by atoms with van der Waals surface area (Å²) in [5.41, 5.74) is 1.33. The smallest absolute Gasteiger partial charge is 0.149 e. The van der Waals surface area contributed by atoms with Crippen LogP contribution in [-0.4, -0.2) is 16.5 Å². The van der Waals surface area contributed by atoms with Crippen LogP contribution in [0.3, 0.4) is 0 Å². The van der Waals surface area contributed by atoms with Crippen molar-refractivity contribution in [2.45, 2.75) is 18.4 Å². The van der Waals surface area contributed by atoms with Gasteiger partial charge >= 0.3 is 0 Å². The second-order valence-electron chi connectivity index (χ2n) is 4.12. The Hall–Kier alpha value is -1.69. The zero-order chi connectivity index (χ0) is 13.8. The SMILES string of the molecule is COc1ccc(F)cc1CS(=O)Cc1cc(C)no1. The fraction of sp³-hybridized carbons (Fsp3) is 0.308. The van der Waals surface area contributed by atoms with Gasteiger partial charge in [-0.05, 0) is 25.1 Å². The molecule has 0 saturated heterocycles. The second kappa shape index (κ2) is 5.97. The Morgan fingerprint density at radius 2 is 2.16 bits per heavy atom. The topological polar surface area (TPSA) is 52.3 Å². The van der Waals surface area contributed by atoms with Crippen molar-refractivity contribution in [3.05, 3.63) is 47.1 Å². The molecule has 0 spiro atoms. The van der Waals surface area contributed by atoms with E-state index in [0.29, 0.717) is 17.1 Å². The number of rotatable bonds is 5. The third kappa shape index (κ3) is 3.64. The van der Waals surface area contributed by atoms with Crippen LogP contribution >= 0.6 is 0 Å². The highest BCUT2D eigenvalue weighted by atomic mass is 32.2. The van der Waals surface area contributed by atoms with E-state index in [1.165, 1.54) is 25.3 Å². The van der Waals surface area contributed by atoms with E-state index in [1.807, 2.05) is 0 Å². The fourth-order valence-electron chi connectivity index (χ4n) is 1.73. The van der Waals surface area contributed by atoms with Crippen molar-refractivity contribution in [1.82, 2.24) is 5.16 Å². The molecule has 0 fully saturated rings. The molecule has 102 valence electrons. The van der Waals surface area contributed by atoms with E-state index in [4.69, 9.17) is 9.26 Å². The van der Waals surface area contributed by atoms with Crippen molar-refractivity contribution >= 4 is 10.8 Å². The van der Waals surface area contributed by atoms with Gasteiger partial charge in [-0.1, -0.05) is 5.16 Å². The third-order valence-corrected chi connectivity index (χ3v) is 3.78. The quantitative estimate of drug-likeness (QED) is 0.846. The van der Waals surface area contributed by atoms with Gasteiger partial charge in [0.1, 0.15) is 17.3 Å². The maximum atomic E-state index is 13.2. The molecule has 1 atom stereocenters. The number of ether oxygens (including phenoxy) is 1. The Balaban J connectivity index is 2.08. The highest BCUT2D eigenvalue weighted by Crippen LogP contribution is 2.21. The number of aromatic nitrogens is 1. The first kappa shape index (κ1) is 13.7. The van der Waals surface area contributed by atoms with E-state index >= 15 is 0 Å². The average molecular weight is 283 g/mol. The van der Waals surface area contributed by atoms with Gasteiger partial charge < -0.3 is 9.26 Å².